The normalized spacial score (nSPS) is 14.1. The minimum Gasteiger partial charge on any atom is -0.455 e. The highest BCUT2D eigenvalue weighted by Gasteiger charge is 2.25. The van der Waals surface area contributed by atoms with E-state index in [1.807, 2.05) is 36.4 Å². The fraction of sp³-hybridized carbons (Fsp3) is 0.188. The van der Waals surface area contributed by atoms with Crippen LogP contribution in [0.25, 0.3) is 0 Å². The third-order valence-electron chi connectivity index (χ3n) is 3.41. The smallest absolute Gasteiger partial charge is 0.227 e. The third-order valence-corrected chi connectivity index (χ3v) is 3.87. The van der Waals surface area contributed by atoms with Gasteiger partial charge in [0, 0.05) is 17.9 Å². The largest absolute Gasteiger partial charge is 0.455 e. The van der Waals surface area contributed by atoms with Crippen molar-refractivity contribution in [3.05, 3.63) is 52.5 Å². The molecule has 0 aromatic heterocycles. The van der Waals surface area contributed by atoms with E-state index in [1.54, 1.807) is 11.9 Å². The topological polar surface area (TPSA) is 29.5 Å². The predicted molar refractivity (Wildman–Crippen MR) is 82.4 cm³/mol. The summed E-state index contributed by atoms with van der Waals surface area (Å²) in [5, 5.41) is 0. The van der Waals surface area contributed by atoms with Gasteiger partial charge in [0.1, 0.15) is 5.75 Å². The van der Waals surface area contributed by atoms with E-state index < -0.39 is 0 Å². The van der Waals surface area contributed by atoms with Gasteiger partial charge < -0.3 is 9.64 Å². The number of hydrogen-bond donors (Lipinski definition) is 0. The van der Waals surface area contributed by atoms with Crippen molar-refractivity contribution < 1.29 is 9.53 Å². The van der Waals surface area contributed by atoms with E-state index in [1.165, 1.54) is 0 Å². The summed E-state index contributed by atoms with van der Waals surface area (Å²) in [7, 11) is 1.80. The monoisotopic (exact) mass is 331 g/mol. The molecule has 0 N–H and O–H groups in total. The first-order chi connectivity index (χ1) is 9.65. The number of carbonyl (C=O) groups excluding carboxylic acids is 1. The Labute approximate surface area is 126 Å². The van der Waals surface area contributed by atoms with Crippen LogP contribution in [-0.2, 0) is 11.2 Å². The molecule has 0 saturated heterocycles. The van der Waals surface area contributed by atoms with Crippen molar-refractivity contribution in [2.45, 2.75) is 12.8 Å². The molecule has 0 bridgehead atoms. The summed E-state index contributed by atoms with van der Waals surface area (Å²) >= 11 is 3.51. The molecule has 0 spiro atoms. The molecule has 0 saturated carbocycles. The summed E-state index contributed by atoms with van der Waals surface area (Å²) in [6, 6.07) is 13.6. The lowest BCUT2D eigenvalue weighted by atomic mass is 10.0. The van der Waals surface area contributed by atoms with Crippen molar-refractivity contribution in [3.8, 4) is 11.5 Å². The van der Waals surface area contributed by atoms with Crippen LogP contribution in [0, 0.1) is 0 Å². The second-order valence-electron chi connectivity index (χ2n) is 4.78. The SMILES string of the molecule is CN1C(=O)CCc2cc(Br)cc(Oc3ccccc3)c21. The molecule has 0 radical (unpaired) electrons. The van der Waals surface area contributed by atoms with E-state index in [9.17, 15) is 4.79 Å². The maximum atomic E-state index is 11.9. The second kappa shape index (κ2) is 5.29. The van der Waals surface area contributed by atoms with Gasteiger partial charge in [-0.05, 0) is 36.2 Å². The number of para-hydroxylation sites is 1. The number of anilines is 1. The molecule has 0 unspecified atom stereocenters. The Hall–Kier alpha value is -1.81. The number of carbonyl (C=O) groups is 1. The Morgan fingerprint density at radius 1 is 1.15 bits per heavy atom. The van der Waals surface area contributed by atoms with Crippen molar-refractivity contribution in [2.24, 2.45) is 0 Å². The summed E-state index contributed by atoms with van der Waals surface area (Å²) in [6.45, 7) is 0. The lowest BCUT2D eigenvalue weighted by Gasteiger charge is -2.28. The first kappa shape index (κ1) is 13.2. The minimum absolute atomic E-state index is 0.123. The quantitative estimate of drug-likeness (QED) is 0.827. The average molecular weight is 332 g/mol. The lowest BCUT2D eigenvalue weighted by Crippen LogP contribution is -2.31. The third kappa shape index (κ3) is 2.43. The van der Waals surface area contributed by atoms with Crippen molar-refractivity contribution in [1.82, 2.24) is 0 Å². The second-order valence-corrected chi connectivity index (χ2v) is 5.70. The van der Waals surface area contributed by atoms with Crippen molar-refractivity contribution in [1.29, 1.82) is 0 Å². The molecule has 1 aliphatic rings. The van der Waals surface area contributed by atoms with Gasteiger partial charge in [-0.3, -0.25) is 4.79 Å². The predicted octanol–water partition coefficient (Wildman–Crippen LogP) is 4.15. The van der Waals surface area contributed by atoms with E-state index in [-0.39, 0.29) is 5.91 Å². The van der Waals surface area contributed by atoms with Crippen LogP contribution in [0.3, 0.4) is 0 Å². The van der Waals surface area contributed by atoms with E-state index >= 15 is 0 Å². The number of fused-ring (bicyclic) bond motifs is 1. The molecular weight excluding hydrogens is 318 g/mol. The van der Waals surface area contributed by atoms with Gasteiger partial charge in [0.25, 0.3) is 0 Å². The Balaban J connectivity index is 2.06. The van der Waals surface area contributed by atoms with Crippen LogP contribution in [0.15, 0.2) is 46.9 Å². The molecule has 1 heterocycles. The highest BCUT2D eigenvalue weighted by Crippen LogP contribution is 2.40. The van der Waals surface area contributed by atoms with Gasteiger partial charge in [0.05, 0.1) is 5.69 Å². The molecule has 102 valence electrons. The lowest BCUT2D eigenvalue weighted by molar-refractivity contribution is -0.118. The molecule has 3 nitrogen and oxygen atoms in total. The fourth-order valence-electron chi connectivity index (χ4n) is 2.43. The molecular formula is C16H14BrNO2. The highest BCUT2D eigenvalue weighted by molar-refractivity contribution is 9.10. The first-order valence-corrected chi connectivity index (χ1v) is 7.26. The molecule has 0 fully saturated rings. The Morgan fingerprint density at radius 2 is 1.90 bits per heavy atom. The molecule has 1 aliphatic heterocycles. The zero-order valence-electron chi connectivity index (χ0n) is 11.1. The van der Waals surface area contributed by atoms with Crippen LogP contribution in [0.4, 0.5) is 5.69 Å². The van der Waals surface area contributed by atoms with Crippen LogP contribution in [0.2, 0.25) is 0 Å². The van der Waals surface area contributed by atoms with Crippen LogP contribution >= 0.6 is 15.9 Å². The molecule has 20 heavy (non-hydrogen) atoms. The van der Waals surface area contributed by atoms with Crippen LogP contribution in [0.1, 0.15) is 12.0 Å². The van der Waals surface area contributed by atoms with Gasteiger partial charge in [-0.1, -0.05) is 34.1 Å². The number of rotatable bonds is 2. The molecule has 2 aromatic carbocycles. The van der Waals surface area contributed by atoms with Crippen LogP contribution < -0.4 is 9.64 Å². The highest BCUT2D eigenvalue weighted by atomic mass is 79.9. The number of nitrogens with zero attached hydrogens (tertiary/aromatic N) is 1. The summed E-state index contributed by atoms with van der Waals surface area (Å²) in [5.74, 6) is 1.59. The van der Waals surface area contributed by atoms with E-state index in [4.69, 9.17) is 4.74 Å². The van der Waals surface area contributed by atoms with Crippen molar-refractivity contribution in [3.63, 3.8) is 0 Å². The molecule has 3 rings (SSSR count). The Morgan fingerprint density at radius 3 is 2.65 bits per heavy atom. The number of hydrogen-bond acceptors (Lipinski definition) is 2. The maximum absolute atomic E-state index is 11.9. The van der Waals surface area contributed by atoms with Gasteiger partial charge in [-0.15, -0.1) is 0 Å². The van der Waals surface area contributed by atoms with Crippen molar-refractivity contribution in [2.75, 3.05) is 11.9 Å². The van der Waals surface area contributed by atoms with Gasteiger partial charge in [-0.25, -0.2) is 0 Å². The number of benzene rings is 2. The van der Waals surface area contributed by atoms with E-state index in [0.29, 0.717) is 12.2 Å². The summed E-state index contributed by atoms with van der Waals surface area (Å²) < 4.78 is 6.92. The summed E-state index contributed by atoms with van der Waals surface area (Å²) in [6.07, 6.45) is 1.30. The van der Waals surface area contributed by atoms with Gasteiger partial charge in [0.15, 0.2) is 5.75 Å². The zero-order chi connectivity index (χ0) is 14.1. The van der Waals surface area contributed by atoms with Crippen LogP contribution in [0.5, 0.6) is 11.5 Å². The Bertz CT molecular complexity index is 655. The summed E-state index contributed by atoms with van der Waals surface area (Å²) in [4.78, 5) is 13.6. The number of aryl methyl sites for hydroxylation is 1. The van der Waals surface area contributed by atoms with E-state index in [2.05, 4.69) is 22.0 Å². The Kier molecular flexibility index (Phi) is 3.49. The zero-order valence-corrected chi connectivity index (χ0v) is 12.7. The maximum Gasteiger partial charge on any atom is 0.227 e. The van der Waals surface area contributed by atoms with Crippen molar-refractivity contribution >= 4 is 27.5 Å². The minimum atomic E-state index is 0.123. The molecule has 4 heteroatoms. The van der Waals surface area contributed by atoms with Gasteiger partial charge in [-0.2, -0.15) is 0 Å². The number of halogens is 1. The number of ether oxygens (including phenoxy) is 1. The molecule has 0 aliphatic carbocycles. The standard InChI is InChI=1S/C16H14BrNO2/c1-18-15(19)8-7-11-9-12(17)10-14(16(11)18)20-13-5-3-2-4-6-13/h2-6,9-10H,7-8H2,1H3. The summed E-state index contributed by atoms with van der Waals surface area (Å²) in [5.41, 5.74) is 2.00. The molecule has 0 atom stereocenters. The number of amides is 1. The van der Waals surface area contributed by atoms with Gasteiger partial charge >= 0.3 is 0 Å². The molecule has 2 aromatic rings. The fourth-order valence-corrected chi connectivity index (χ4v) is 2.91. The van der Waals surface area contributed by atoms with Crippen LogP contribution in [-0.4, -0.2) is 13.0 Å². The molecule has 1 amide bonds. The van der Waals surface area contributed by atoms with E-state index in [0.717, 1.165) is 27.9 Å². The first-order valence-electron chi connectivity index (χ1n) is 6.47. The average Bonchev–Trinajstić information content (AvgIpc) is 2.44. The van der Waals surface area contributed by atoms with Gasteiger partial charge in [0.2, 0.25) is 5.91 Å².